The van der Waals surface area contributed by atoms with Crippen LogP contribution >= 0.6 is 11.3 Å². The van der Waals surface area contributed by atoms with Crippen molar-refractivity contribution in [1.29, 1.82) is 0 Å². The fourth-order valence-corrected chi connectivity index (χ4v) is 2.36. The Hall–Kier alpha value is -1.36. The van der Waals surface area contributed by atoms with Gasteiger partial charge in [-0.25, -0.2) is 18.2 Å². The molecule has 1 aromatic heterocycles. The molecule has 0 N–H and O–H groups in total. The average Bonchev–Trinajstić information content (AvgIpc) is 2.71. The Morgan fingerprint density at radius 3 is 2.35 bits per heavy atom. The highest BCUT2D eigenvalue weighted by molar-refractivity contribution is 7.11. The van der Waals surface area contributed by atoms with Crippen LogP contribution in [0.15, 0.2) is 18.3 Å². The van der Waals surface area contributed by atoms with Crippen LogP contribution in [0.5, 0.6) is 0 Å². The third kappa shape index (κ3) is 2.66. The molecular weight excluding hydrogens is 247 g/mol. The second-order valence-electron chi connectivity index (χ2n) is 3.60. The van der Waals surface area contributed by atoms with Crippen LogP contribution in [0.1, 0.15) is 22.4 Å². The van der Waals surface area contributed by atoms with E-state index in [2.05, 4.69) is 4.98 Å². The molecule has 1 nitrogen and oxygen atoms in total. The van der Waals surface area contributed by atoms with Gasteiger partial charge in [0.05, 0.1) is 5.01 Å². The number of benzene rings is 1. The third-order valence-corrected chi connectivity index (χ3v) is 3.53. The molecule has 0 fully saturated rings. The summed E-state index contributed by atoms with van der Waals surface area (Å²) in [6.07, 6.45) is 2.59. The zero-order valence-corrected chi connectivity index (χ0v) is 9.95. The number of hydrogen-bond donors (Lipinski definition) is 0. The number of halogens is 3. The van der Waals surface area contributed by atoms with Crippen molar-refractivity contribution in [1.82, 2.24) is 4.98 Å². The van der Waals surface area contributed by atoms with Gasteiger partial charge in [0.25, 0.3) is 0 Å². The van der Waals surface area contributed by atoms with Crippen molar-refractivity contribution >= 4 is 11.3 Å². The Kier molecular flexibility index (Phi) is 3.47. The van der Waals surface area contributed by atoms with E-state index < -0.39 is 17.5 Å². The zero-order valence-electron chi connectivity index (χ0n) is 9.14. The van der Waals surface area contributed by atoms with E-state index in [9.17, 15) is 13.2 Å². The number of rotatable bonds is 3. The maximum absolute atomic E-state index is 13.4. The molecule has 2 aromatic rings. The highest BCUT2D eigenvalue weighted by atomic mass is 32.1. The zero-order chi connectivity index (χ0) is 12.4. The summed E-state index contributed by atoms with van der Waals surface area (Å²) in [5.74, 6) is -2.64. The van der Waals surface area contributed by atoms with E-state index in [1.807, 2.05) is 6.92 Å². The van der Waals surface area contributed by atoms with Gasteiger partial charge < -0.3 is 0 Å². The number of nitrogens with zero attached hydrogens (tertiary/aromatic N) is 1. The first-order chi connectivity index (χ1) is 8.10. The predicted octanol–water partition coefficient (Wildman–Crippen LogP) is 3.71. The van der Waals surface area contributed by atoms with Crippen LogP contribution < -0.4 is 0 Å². The van der Waals surface area contributed by atoms with Crippen molar-refractivity contribution in [2.24, 2.45) is 0 Å². The molecule has 0 aliphatic carbocycles. The van der Waals surface area contributed by atoms with E-state index in [0.29, 0.717) is 17.1 Å². The summed E-state index contributed by atoms with van der Waals surface area (Å²) in [6.45, 7) is 1.98. The van der Waals surface area contributed by atoms with Crippen LogP contribution in [0.2, 0.25) is 0 Å². The van der Waals surface area contributed by atoms with Gasteiger partial charge >= 0.3 is 0 Å². The highest BCUT2D eigenvalue weighted by Gasteiger charge is 2.13. The Bertz CT molecular complexity index is 513. The van der Waals surface area contributed by atoms with Crippen LogP contribution in [0, 0.1) is 17.5 Å². The van der Waals surface area contributed by atoms with Crippen molar-refractivity contribution < 1.29 is 13.2 Å². The third-order valence-electron chi connectivity index (χ3n) is 2.38. The largest absolute Gasteiger partial charge is 0.249 e. The smallest absolute Gasteiger partial charge is 0.132 e. The van der Waals surface area contributed by atoms with E-state index in [0.717, 1.165) is 11.3 Å². The summed E-state index contributed by atoms with van der Waals surface area (Å²) in [7, 11) is 0. The lowest BCUT2D eigenvalue weighted by atomic mass is 10.1. The molecule has 0 unspecified atom stereocenters. The summed E-state index contributed by atoms with van der Waals surface area (Å²) in [5, 5.41) is 0.631. The lowest BCUT2D eigenvalue weighted by Gasteiger charge is -2.02. The number of aryl methyl sites for hydroxylation is 1. The van der Waals surface area contributed by atoms with Crippen LogP contribution in [-0.4, -0.2) is 4.98 Å². The lowest BCUT2D eigenvalue weighted by Crippen LogP contribution is -1.98. The molecule has 0 atom stereocenters. The second kappa shape index (κ2) is 4.87. The van der Waals surface area contributed by atoms with Gasteiger partial charge in [-0.2, -0.15) is 0 Å². The maximum Gasteiger partial charge on any atom is 0.132 e. The Morgan fingerprint density at radius 1 is 1.18 bits per heavy atom. The van der Waals surface area contributed by atoms with Gasteiger partial charge in [0, 0.05) is 35.2 Å². The van der Waals surface area contributed by atoms with Gasteiger partial charge in [-0.1, -0.05) is 6.92 Å². The minimum absolute atomic E-state index is 0.0581. The molecule has 5 heteroatoms. The molecule has 0 aliphatic rings. The van der Waals surface area contributed by atoms with E-state index in [1.165, 1.54) is 11.3 Å². The summed E-state index contributed by atoms with van der Waals surface area (Å²) in [4.78, 5) is 5.14. The van der Waals surface area contributed by atoms with Crippen molar-refractivity contribution in [3.8, 4) is 0 Å². The predicted molar refractivity (Wildman–Crippen MR) is 60.6 cm³/mol. The van der Waals surface area contributed by atoms with Crippen LogP contribution in [0.4, 0.5) is 13.2 Å². The molecule has 0 radical (unpaired) electrons. The molecule has 0 spiro atoms. The van der Waals surface area contributed by atoms with Gasteiger partial charge in [-0.15, -0.1) is 11.3 Å². The molecule has 0 saturated heterocycles. The van der Waals surface area contributed by atoms with Crippen molar-refractivity contribution in [2.75, 3.05) is 0 Å². The normalized spacial score (nSPS) is 10.8. The number of aromatic nitrogens is 1. The second-order valence-corrected chi connectivity index (χ2v) is 4.80. The van der Waals surface area contributed by atoms with Crippen molar-refractivity contribution in [2.45, 2.75) is 19.8 Å². The molecule has 17 heavy (non-hydrogen) atoms. The van der Waals surface area contributed by atoms with Gasteiger partial charge in [-0.3, -0.25) is 0 Å². The number of hydrogen-bond acceptors (Lipinski definition) is 2. The highest BCUT2D eigenvalue weighted by Crippen LogP contribution is 2.21. The number of thiazole rings is 1. The monoisotopic (exact) mass is 257 g/mol. The van der Waals surface area contributed by atoms with E-state index in [4.69, 9.17) is 0 Å². The molecule has 90 valence electrons. The Morgan fingerprint density at radius 2 is 1.82 bits per heavy atom. The van der Waals surface area contributed by atoms with E-state index in [-0.39, 0.29) is 12.0 Å². The Balaban J connectivity index is 2.29. The fraction of sp³-hybridized carbons (Fsp3) is 0.250. The van der Waals surface area contributed by atoms with E-state index in [1.54, 1.807) is 6.20 Å². The molecule has 1 heterocycles. The summed E-state index contributed by atoms with van der Waals surface area (Å²) in [5.41, 5.74) is -0.136. The SMILES string of the molecule is CCc1cnc(Cc2c(F)cc(F)cc2F)s1. The topological polar surface area (TPSA) is 12.9 Å². The molecular formula is C12H10F3NS. The van der Waals surface area contributed by atoms with Crippen LogP contribution in [0.3, 0.4) is 0 Å². The first-order valence-corrected chi connectivity index (χ1v) is 5.98. The summed E-state index contributed by atoms with van der Waals surface area (Å²) in [6, 6.07) is 1.37. The molecule has 2 rings (SSSR count). The summed E-state index contributed by atoms with van der Waals surface area (Å²) >= 11 is 1.41. The van der Waals surface area contributed by atoms with Gasteiger partial charge in [0.15, 0.2) is 0 Å². The standard InChI is InChI=1S/C12H10F3NS/c1-2-8-6-16-12(17-8)5-9-10(14)3-7(13)4-11(9)15/h3-4,6H,2,5H2,1H3. The van der Waals surface area contributed by atoms with E-state index >= 15 is 0 Å². The first kappa shape index (κ1) is 12.1. The van der Waals surface area contributed by atoms with Gasteiger partial charge in [-0.05, 0) is 6.42 Å². The summed E-state index contributed by atoms with van der Waals surface area (Å²) < 4.78 is 39.5. The van der Waals surface area contributed by atoms with Gasteiger partial charge in [0.2, 0.25) is 0 Å². The van der Waals surface area contributed by atoms with Crippen LogP contribution in [-0.2, 0) is 12.8 Å². The van der Waals surface area contributed by atoms with Gasteiger partial charge in [0.1, 0.15) is 17.5 Å². The lowest BCUT2D eigenvalue weighted by molar-refractivity contribution is 0.527. The first-order valence-electron chi connectivity index (χ1n) is 5.17. The molecule has 0 saturated carbocycles. The minimum Gasteiger partial charge on any atom is -0.249 e. The van der Waals surface area contributed by atoms with Crippen LogP contribution in [0.25, 0.3) is 0 Å². The molecule has 0 bridgehead atoms. The van der Waals surface area contributed by atoms with Crippen molar-refractivity contribution in [3.63, 3.8) is 0 Å². The quantitative estimate of drug-likeness (QED) is 0.816. The molecule has 0 aliphatic heterocycles. The maximum atomic E-state index is 13.4. The average molecular weight is 257 g/mol. The fourth-order valence-electron chi connectivity index (χ4n) is 1.49. The Labute approximate surface area is 101 Å². The molecule has 1 aromatic carbocycles. The van der Waals surface area contributed by atoms with Crippen molar-refractivity contribution in [3.05, 3.63) is 51.2 Å². The molecule has 0 amide bonds. The minimum atomic E-state index is -0.905.